The van der Waals surface area contributed by atoms with Crippen molar-refractivity contribution in [3.05, 3.63) is 106 Å². The standard InChI is InChI=1S/C34H30ClN3O6/c1-5-20-12-10-14-24-29(23-13-7-8-15-25(23)35)31(37-30(20)24)33(39)38-36-19-21-11-6-9-16-26(21)44-34(40)22-17-27(41-2)32(43-4)28(18-22)42-3/h6-19,37H,5H2,1-4H3,(H,38,39). The van der Waals surface area contributed by atoms with E-state index in [2.05, 4.69) is 22.4 Å². The Kier molecular flexibility index (Phi) is 9.16. The molecule has 1 heterocycles. The quantitative estimate of drug-likeness (QED) is 0.0757. The molecule has 224 valence electrons. The molecule has 5 aromatic rings. The number of hydrogen-bond acceptors (Lipinski definition) is 7. The molecule has 0 saturated carbocycles. The zero-order chi connectivity index (χ0) is 31.2. The maximum absolute atomic E-state index is 13.5. The molecule has 0 saturated heterocycles. The van der Waals surface area contributed by atoms with Gasteiger partial charge >= 0.3 is 5.97 Å². The fourth-order valence-corrected chi connectivity index (χ4v) is 5.17. The van der Waals surface area contributed by atoms with E-state index in [1.54, 1.807) is 30.3 Å². The van der Waals surface area contributed by atoms with Gasteiger partial charge < -0.3 is 23.9 Å². The predicted octanol–water partition coefficient (Wildman–Crippen LogP) is 7.06. The number of benzene rings is 4. The Labute approximate surface area is 259 Å². The van der Waals surface area contributed by atoms with E-state index in [-0.39, 0.29) is 11.3 Å². The van der Waals surface area contributed by atoms with Crippen LogP contribution in [0.4, 0.5) is 0 Å². The van der Waals surface area contributed by atoms with E-state index in [1.807, 2.05) is 36.4 Å². The van der Waals surface area contributed by atoms with Crippen molar-refractivity contribution in [3.8, 4) is 34.1 Å². The molecule has 0 atom stereocenters. The number of aromatic nitrogens is 1. The van der Waals surface area contributed by atoms with Gasteiger partial charge in [-0.05, 0) is 42.3 Å². The summed E-state index contributed by atoms with van der Waals surface area (Å²) in [5.74, 6) is 0.114. The molecule has 0 radical (unpaired) electrons. The van der Waals surface area contributed by atoms with Gasteiger partial charge in [-0.25, -0.2) is 10.2 Å². The van der Waals surface area contributed by atoms with Gasteiger partial charge in [-0.15, -0.1) is 0 Å². The molecule has 1 aromatic heterocycles. The van der Waals surface area contributed by atoms with Gasteiger partial charge in [0.15, 0.2) is 11.5 Å². The summed E-state index contributed by atoms with van der Waals surface area (Å²) in [5, 5.41) is 5.59. The van der Waals surface area contributed by atoms with Crippen molar-refractivity contribution in [2.75, 3.05) is 21.3 Å². The first-order valence-corrected chi connectivity index (χ1v) is 14.1. The van der Waals surface area contributed by atoms with Gasteiger partial charge in [-0.1, -0.05) is 67.1 Å². The van der Waals surface area contributed by atoms with Gasteiger partial charge in [0, 0.05) is 32.6 Å². The van der Waals surface area contributed by atoms with Crippen molar-refractivity contribution in [3.63, 3.8) is 0 Å². The Morgan fingerprint density at radius 3 is 2.27 bits per heavy atom. The molecule has 1 amide bonds. The highest BCUT2D eigenvalue weighted by Crippen LogP contribution is 2.39. The van der Waals surface area contributed by atoms with Gasteiger partial charge in [0.2, 0.25) is 5.75 Å². The molecule has 5 rings (SSSR count). The van der Waals surface area contributed by atoms with Crippen molar-refractivity contribution < 1.29 is 28.5 Å². The van der Waals surface area contributed by atoms with E-state index in [9.17, 15) is 9.59 Å². The molecule has 0 aliphatic heterocycles. The topological polar surface area (TPSA) is 111 Å². The van der Waals surface area contributed by atoms with Crippen LogP contribution in [0.2, 0.25) is 5.02 Å². The van der Waals surface area contributed by atoms with Crippen LogP contribution in [0, 0.1) is 0 Å². The number of nitrogens with one attached hydrogen (secondary N) is 2. The summed E-state index contributed by atoms with van der Waals surface area (Å²) >= 11 is 6.57. The molecular formula is C34H30ClN3O6. The number of esters is 1. The first kappa shape index (κ1) is 30.2. The Bertz CT molecular complexity index is 1860. The third kappa shape index (κ3) is 5.95. The van der Waals surface area contributed by atoms with Crippen LogP contribution in [0.3, 0.4) is 0 Å². The number of H-pyrrole nitrogens is 1. The SMILES string of the molecule is CCc1cccc2c(-c3ccccc3Cl)c(C(=O)NN=Cc3ccccc3OC(=O)c3cc(OC)c(OC)c(OC)c3)[nH]c12. The number of hydrazone groups is 1. The van der Waals surface area contributed by atoms with Crippen LogP contribution in [-0.2, 0) is 6.42 Å². The van der Waals surface area contributed by atoms with Crippen molar-refractivity contribution in [2.24, 2.45) is 5.10 Å². The van der Waals surface area contributed by atoms with Crippen molar-refractivity contribution in [2.45, 2.75) is 13.3 Å². The zero-order valence-electron chi connectivity index (χ0n) is 24.6. The summed E-state index contributed by atoms with van der Waals surface area (Å²) in [6.45, 7) is 2.06. The number of amides is 1. The monoisotopic (exact) mass is 611 g/mol. The first-order chi connectivity index (χ1) is 21.4. The van der Waals surface area contributed by atoms with Crippen LogP contribution >= 0.6 is 11.6 Å². The Morgan fingerprint density at radius 2 is 1.59 bits per heavy atom. The van der Waals surface area contributed by atoms with Crippen LogP contribution < -0.4 is 24.4 Å². The van der Waals surface area contributed by atoms with Crippen molar-refractivity contribution in [1.29, 1.82) is 0 Å². The minimum atomic E-state index is -0.650. The fourth-order valence-electron chi connectivity index (χ4n) is 4.94. The number of carbonyl (C=O) groups is 2. The summed E-state index contributed by atoms with van der Waals surface area (Å²) in [5.41, 5.74) is 6.93. The summed E-state index contributed by atoms with van der Waals surface area (Å²) < 4.78 is 21.7. The van der Waals surface area contributed by atoms with Crippen LogP contribution in [-0.4, -0.2) is 44.4 Å². The molecular weight excluding hydrogens is 582 g/mol. The molecule has 0 unspecified atom stereocenters. The molecule has 0 aliphatic carbocycles. The maximum Gasteiger partial charge on any atom is 0.343 e. The molecule has 10 heteroatoms. The third-order valence-corrected chi connectivity index (χ3v) is 7.39. The molecule has 0 bridgehead atoms. The Morgan fingerprint density at radius 1 is 0.886 bits per heavy atom. The number of nitrogens with zero attached hydrogens (tertiary/aromatic N) is 1. The normalized spacial score (nSPS) is 11.0. The van der Waals surface area contributed by atoms with E-state index < -0.39 is 11.9 Å². The van der Waals surface area contributed by atoms with Gasteiger partial charge in [-0.3, -0.25) is 4.79 Å². The number of fused-ring (bicyclic) bond motifs is 1. The molecule has 44 heavy (non-hydrogen) atoms. The Balaban J connectivity index is 1.41. The second kappa shape index (κ2) is 13.4. The highest BCUT2D eigenvalue weighted by Gasteiger charge is 2.22. The molecule has 4 aromatic carbocycles. The lowest BCUT2D eigenvalue weighted by atomic mass is 9.99. The summed E-state index contributed by atoms with van der Waals surface area (Å²) in [6, 6.07) is 23.1. The predicted molar refractivity (Wildman–Crippen MR) is 171 cm³/mol. The number of carbonyl (C=O) groups excluding carboxylic acids is 2. The lowest BCUT2D eigenvalue weighted by molar-refractivity contribution is 0.0733. The maximum atomic E-state index is 13.5. The highest BCUT2D eigenvalue weighted by molar-refractivity contribution is 6.34. The molecule has 9 nitrogen and oxygen atoms in total. The molecule has 0 fully saturated rings. The van der Waals surface area contributed by atoms with Crippen molar-refractivity contribution in [1.82, 2.24) is 10.4 Å². The van der Waals surface area contributed by atoms with Crippen LogP contribution in [0.1, 0.15) is 38.9 Å². The lowest BCUT2D eigenvalue weighted by Gasteiger charge is -2.14. The first-order valence-electron chi connectivity index (χ1n) is 13.7. The van der Waals surface area contributed by atoms with Gasteiger partial charge in [0.05, 0.1) is 33.1 Å². The zero-order valence-corrected chi connectivity index (χ0v) is 25.3. The minimum absolute atomic E-state index is 0.192. The smallest absolute Gasteiger partial charge is 0.343 e. The molecule has 0 spiro atoms. The lowest BCUT2D eigenvalue weighted by Crippen LogP contribution is -2.19. The highest BCUT2D eigenvalue weighted by atomic mass is 35.5. The average molecular weight is 612 g/mol. The largest absolute Gasteiger partial charge is 0.493 e. The van der Waals surface area contributed by atoms with E-state index in [0.717, 1.165) is 28.5 Å². The second-order valence-corrected chi connectivity index (χ2v) is 10.00. The fraction of sp³-hybridized carbons (Fsp3) is 0.147. The minimum Gasteiger partial charge on any atom is -0.493 e. The number of halogens is 1. The van der Waals surface area contributed by atoms with E-state index >= 15 is 0 Å². The number of ether oxygens (including phenoxy) is 4. The summed E-state index contributed by atoms with van der Waals surface area (Å²) in [4.78, 5) is 29.9. The second-order valence-electron chi connectivity index (χ2n) is 9.59. The average Bonchev–Trinajstić information content (AvgIpc) is 3.44. The van der Waals surface area contributed by atoms with Gasteiger partial charge in [0.25, 0.3) is 5.91 Å². The number of aryl methyl sites for hydroxylation is 1. The van der Waals surface area contributed by atoms with Gasteiger partial charge in [0.1, 0.15) is 11.4 Å². The third-order valence-electron chi connectivity index (χ3n) is 7.06. The van der Waals surface area contributed by atoms with Gasteiger partial charge in [-0.2, -0.15) is 5.10 Å². The van der Waals surface area contributed by atoms with E-state index in [0.29, 0.717) is 39.1 Å². The number of aromatic amines is 1. The number of methoxy groups -OCH3 is 3. The van der Waals surface area contributed by atoms with Crippen LogP contribution in [0.25, 0.3) is 22.0 Å². The summed E-state index contributed by atoms with van der Waals surface area (Å²) in [7, 11) is 4.40. The van der Waals surface area contributed by atoms with E-state index in [4.69, 9.17) is 30.5 Å². The Hall–Kier alpha value is -5.28. The number of rotatable bonds is 10. The number of para-hydroxylation sites is 2. The van der Waals surface area contributed by atoms with Crippen LogP contribution in [0.5, 0.6) is 23.0 Å². The van der Waals surface area contributed by atoms with E-state index in [1.165, 1.54) is 39.7 Å². The molecule has 0 aliphatic rings. The summed E-state index contributed by atoms with van der Waals surface area (Å²) in [6.07, 6.45) is 2.19. The number of hydrogen-bond donors (Lipinski definition) is 2. The van der Waals surface area contributed by atoms with Crippen LogP contribution in [0.15, 0.2) is 84.0 Å². The molecule has 2 N–H and O–H groups in total. The van der Waals surface area contributed by atoms with Crippen molar-refractivity contribution >= 4 is 40.6 Å².